The minimum Gasteiger partial charge on any atom is -0.330 e. The average molecular weight is 243 g/mol. The largest absolute Gasteiger partial charge is 0.330 e. The summed E-state index contributed by atoms with van der Waals surface area (Å²) in [6.07, 6.45) is 0.842. The van der Waals surface area contributed by atoms with E-state index in [1.165, 1.54) is 15.6 Å². The minimum absolute atomic E-state index is 0.645. The van der Waals surface area contributed by atoms with E-state index >= 15 is 0 Å². The van der Waals surface area contributed by atoms with Gasteiger partial charge < -0.3 is 5.73 Å². The van der Waals surface area contributed by atoms with Crippen molar-refractivity contribution in [1.82, 2.24) is 10.2 Å². The van der Waals surface area contributed by atoms with Gasteiger partial charge in [0.2, 0.25) is 0 Å². The van der Waals surface area contributed by atoms with Gasteiger partial charge in [-0.2, -0.15) is 5.10 Å². The number of nitrogens with two attached hydrogens (primary N) is 1. The smallest absolute Gasteiger partial charge is 0.0938 e. The molecular weight excluding hydrogens is 230 g/mol. The first-order valence-electron chi connectivity index (χ1n) is 5.59. The quantitative estimate of drug-likeness (QED) is 0.743. The first-order chi connectivity index (χ1) is 8.38. The lowest BCUT2D eigenvalue weighted by atomic mass is 10.1. The van der Waals surface area contributed by atoms with E-state index in [0.29, 0.717) is 6.54 Å². The zero-order valence-corrected chi connectivity index (χ0v) is 10.1. The van der Waals surface area contributed by atoms with Gasteiger partial charge >= 0.3 is 0 Å². The van der Waals surface area contributed by atoms with Crippen molar-refractivity contribution in [2.24, 2.45) is 5.73 Å². The maximum absolute atomic E-state index is 5.53. The standard InChI is InChI=1S/C13H13N3S/c14-6-5-9-7-12(16-15-9)11-8-17-13-4-2-1-3-10(11)13/h1-4,7-8H,5-6,14H2,(H,15,16). The molecule has 3 rings (SSSR count). The minimum atomic E-state index is 0.645. The van der Waals surface area contributed by atoms with E-state index in [4.69, 9.17) is 5.73 Å². The molecule has 3 aromatic rings. The van der Waals surface area contributed by atoms with E-state index in [2.05, 4.69) is 45.9 Å². The van der Waals surface area contributed by atoms with Crippen LogP contribution in [0.15, 0.2) is 35.7 Å². The van der Waals surface area contributed by atoms with Crippen molar-refractivity contribution in [3.63, 3.8) is 0 Å². The summed E-state index contributed by atoms with van der Waals surface area (Å²) in [6, 6.07) is 10.5. The second-order valence-corrected chi connectivity index (χ2v) is 4.87. The van der Waals surface area contributed by atoms with Gasteiger partial charge in [0.05, 0.1) is 5.69 Å². The lowest BCUT2D eigenvalue weighted by Gasteiger charge is -1.93. The highest BCUT2D eigenvalue weighted by Crippen LogP contribution is 2.32. The molecule has 0 saturated carbocycles. The number of hydrogen-bond donors (Lipinski definition) is 2. The molecule has 0 aliphatic carbocycles. The highest BCUT2D eigenvalue weighted by molar-refractivity contribution is 7.17. The fourth-order valence-corrected chi connectivity index (χ4v) is 2.91. The van der Waals surface area contributed by atoms with Gasteiger partial charge in [0.25, 0.3) is 0 Å². The summed E-state index contributed by atoms with van der Waals surface area (Å²) in [7, 11) is 0. The summed E-state index contributed by atoms with van der Waals surface area (Å²) in [5.74, 6) is 0. The molecule has 2 heterocycles. The number of nitrogens with zero attached hydrogens (tertiary/aromatic N) is 1. The second kappa shape index (κ2) is 4.31. The molecule has 0 atom stereocenters. The number of H-pyrrole nitrogens is 1. The Bertz CT molecular complexity index is 639. The van der Waals surface area contributed by atoms with Crippen LogP contribution in [0.5, 0.6) is 0 Å². The molecular formula is C13H13N3S. The van der Waals surface area contributed by atoms with Gasteiger partial charge in [-0.15, -0.1) is 11.3 Å². The molecule has 0 unspecified atom stereocenters. The molecule has 0 aliphatic rings. The number of aromatic amines is 1. The molecule has 0 saturated heterocycles. The van der Waals surface area contributed by atoms with Gasteiger partial charge in [-0.3, -0.25) is 5.10 Å². The topological polar surface area (TPSA) is 54.7 Å². The van der Waals surface area contributed by atoms with Crippen molar-refractivity contribution in [2.45, 2.75) is 6.42 Å². The summed E-state index contributed by atoms with van der Waals surface area (Å²) in [5, 5.41) is 10.8. The van der Waals surface area contributed by atoms with Crippen LogP contribution in [0, 0.1) is 0 Å². The molecule has 0 amide bonds. The molecule has 2 aromatic heterocycles. The van der Waals surface area contributed by atoms with E-state index in [1.807, 2.05) is 0 Å². The Morgan fingerprint density at radius 3 is 3.06 bits per heavy atom. The first-order valence-corrected chi connectivity index (χ1v) is 6.47. The van der Waals surface area contributed by atoms with Crippen LogP contribution in [0.25, 0.3) is 21.3 Å². The van der Waals surface area contributed by atoms with Crippen molar-refractivity contribution in [3.05, 3.63) is 41.4 Å². The Morgan fingerprint density at radius 2 is 2.18 bits per heavy atom. The Hall–Kier alpha value is -1.65. The van der Waals surface area contributed by atoms with Gasteiger partial charge in [0.1, 0.15) is 0 Å². The third-order valence-corrected chi connectivity index (χ3v) is 3.76. The molecule has 0 aliphatic heterocycles. The van der Waals surface area contributed by atoms with Crippen molar-refractivity contribution in [1.29, 1.82) is 0 Å². The molecule has 0 spiro atoms. The predicted octanol–water partition coefficient (Wildman–Crippen LogP) is 2.79. The summed E-state index contributed by atoms with van der Waals surface area (Å²) < 4.78 is 1.30. The zero-order valence-electron chi connectivity index (χ0n) is 9.31. The van der Waals surface area contributed by atoms with Crippen molar-refractivity contribution < 1.29 is 0 Å². The van der Waals surface area contributed by atoms with Crippen molar-refractivity contribution in [2.75, 3.05) is 6.54 Å². The van der Waals surface area contributed by atoms with Gasteiger partial charge in [-0.05, 0) is 18.7 Å². The van der Waals surface area contributed by atoms with Crippen LogP contribution in [-0.2, 0) is 6.42 Å². The van der Waals surface area contributed by atoms with E-state index in [9.17, 15) is 0 Å². The Kier molecular flexibility index (Phi) is 2.66. The predicted molar refractivity (Wildman–Crippen MR) is 72.2 cm³/mol. The third kappa shape index (κ3) is 1.85. The Morgan fingerprint density at radius 1 is 1.29 bits per heavy atom. The van der Waals surface area contributed by atoms with Crippen molar-refractivity contribution >= 4 is 21.4 Å². The molecule has 0 bridgehead atoms. The van der Waals surface area contributed by atoms with Gasteiger partial charge in [-0.25, -0.2) is 0 Å². The SMILES string of the molecule is NCCc1cc(-c2csc3ccccc23)n[nH]1. The highest BCUT2D eigenvalue weighted by Gasteiger charge is 2.09. The van der Waals surface area contributed by atoms with E-state index in [-0.39, 0.29) is 0 Å². The van der Waals surface area contributed by atoms with E-state index in [0.717, 1.165) is 17.8 Å². The molecule has 86 valence electrons. The van der Waals surface area contributed by atoms with Crippen LogP contribution in [0.2, 0.25) is 0 Å². The summed E-state index contributed by atoms with van der Waals surface area (Å²) in [4.78, 5) is 0. The monoisotopic (exact) mass is 243 g/mol. The number of benzene rings is 1. The summed E-state index contributed by atoms with van der Waals surface area (Å²) >= 11 is 1.75. The second-order valence-electron chi connectivity index (χ2n) is 3.96. The molecule has 0 fully saturated rings. The maximum atomic E-state index is 5.53. The fraction of sp³-hybridized carbons (Fsp3) is 0.154. The van der Waals surface area contributed by atoms with Gasteiger partial charge in [0, 0.05) is 33.1 Å². The first kappa shape index (κ1) is 10.5. The number of fused-ring (bicyclic) bond motifs is 1. The van der Waals surface area contributed by atoms with Gasteiger partial charge in [0.15, 0.2) is 0 Å². The van der Waals surface area contributed by atoms with E-state index in [1.54, 1.807) is 11.3 Å². The number of thiophene rings is 1. The molecule has 0 radical (unpaired) electrons. The zero-order chi connectivity index (χ0) is 11.7. The van der Waals surface area contributed by atoms with Crippen LogP contribution >= 0.6 is 11.3 Å². The van der Waals surface area contributed by atoms with Crippen LogP contribution in [-0.4, -0.2) is 16.7 Å². The van der Waals surface area contributed by atoms with E-state index < -0.39 is 0 Å². The summed E-state index contributed by atoms with van der Waals surface area (Å²) in [5.41, 5.74) is 8.83. The number of aromatic nitrogens is 2. The van der Waals surface area contributed by atoms with Crippen LogP contribution in [0.3, 0.4) is 0 Å². The lowest BCUT2D eigenvalue weighted by Crippen LogP contribution is -2.02. The third-order valence-electron chi connectivity index (χ3n) is 2.80. The normalized spacial score (nSPS) is 11.1. The summed E-state index contributed by atoms with van der Waals surface area (Å²) in [6.45, 7) is 0.645. The molecule has 17 heavy (non-hydrogen) atoms. The highest BCUT2D eigenvalue weighted by atomic mass is 32.1. The Balaban J connectivity index is 2.07. The van der Waals surface area contributed by atoms with Crippen LogP contribution in [0.4, 0.5) is 0 Å². The maximum Gasteiger partial charge on any atom is 0.0938 e. The fourth-order valence-electron chi connectivity index (χ4n) is 1.96. The van der Waals surface area contributed by atoms with Crippen LogP contribution in [0.1, 0.15) is 5.69 Å². The molecule has 1 aromatic carbocycles. The van der Waals surface area contributed by atoms with Crippen LogP contribution < -0.4 is 5.73 Å². The Labute approximate surface area is 103 Å². The number of rotatable bonds is 3. The molecule has 3 nitrogen and oxygen atoms in total. The lowest BCUT2D eigenvalue weighted by molar-refractivity contribution is 0.902. The molecule has 3 N–H and O–H groups in total. The number of nitrogens with one attached hydrogen (secondary N) is 1. The van der Waals surface area contributed by atoms with Gasteiger partial charge in [-0.1, -0.05) is 18.2 Å². The molecule has 4 heteroatoms. The number of hydrogen-bond acceptors (Lipinski definition) is 3. The van der Waals surface area contributed by atoms with Crippen molar-refractivity contribution in [3.8, 4) is 11.3 Å². The average Bonchev–Trinajstić information content (AvgIpc) is 2.95.